The standard InChI is InChI=1S/C16H13FN2O2S/c1-9-2-4-11(17)12(6-9)19-16(21)10-3-5-14-13(7-10)18-15(20)8-22-14/h2-7H,8H2,1H3,(H,18,20)(H,19,21). The van der Waals surface area contributed by atoms with Crippen molar-refractivity contribution in [1.29, 1.82) is 0 Å². The number of carbonyl (C=O) groups is 2. The highest BCUT2D eigenvalue weighted by Gasteiger charge is 2.17. The van der Waals surface area contributed by atoms with Gasteiger partial charge < -0.3 is 10.6 Å². The number of amides is 2. The summed E-state index contributed by atoms with van der Waals surface area (Å²) in [5, 5.41) is 5.28. The van der Waals surface area contributed by atoms with Crippen LogP contribution in [0.3, 0.4) is 0 Å². The summed E-state index contributed by atoms with van der Waals surface area (Å²) < 4.78 is 13.7. The normalized spacial score (nSPS) is 13.3. The van der Waals surface area contributed by atoms with E-state index in [-0.39, 0.29) is 11.6 Å². The fraction of sp³-hybridized carbons (Fsp3) is 0.125. The lowest BCUT2D eigenvalue weighted by molar-refractivity contribution is -0.113. The van der Waals surface area contributed by atoms with Crippen LogP contribution in [-0.2, 0) is 4.79 Å². The van der Waals surface area contributed by atoms with Gasteiger partial charge in [0.05, 0.1) is 17.1 Å². The van der Waals surface area contributed by atoms with E-state index < -0.39 is 11.7 Å². The van der Waals surface area contributed by atoms with E-state index in [1.165, 1.54) is 17.8 Å². The number of anilines is 2. The summed E-state index contributed by atoms with van der Waals surface area (Å²) in [6, 6.07) is 9.56. The molecule has 0 aliphatic carbocycles. The van der Waals surface area contributed by atoms with E-state index in [0.717, 1.165) is 10.5 Å². The van der Waals surface area contributed by atoms with Crippen LogP contribution in [0.4, 0.5) is 15.8 Å². The van der Waals surface area contributed by atoms with Gasteiger partial charge in [0.25, 0.3) is 5.91 Å². The van der Waals surface area contributed by atoms with Gasteiger partial charge in [-0.3, -0.25) is 9.59 Å². The molecule has 112 valence electrons. The lowest BCUT2D eigenvalue weighted by atomic mass is 10.1. The second kappa shape index (κ2) is 5.81. The number of carbonyl (C=O) groups excluding carboxylic acids is 2. The number of benzene rings is 2. The molecule has 22 heavy (non-hydrogen) atoms. The molecule has 0 radical (unpaired) electrons. The Labute approximate surface area is 131 Å². The number of rotatable bonds is 2. The molecule has 0 fully saturated rings. The van der Waals surface area contributed by atoms with Gasteiger partial charge >= 0.3 is 0 Å². The molecule has 2 aromatic rings. The first-order valence-corrected chi connectivity index (χ1v) is 7.66. The number of hydrogen-bond donors (Lipinski definition) is 2. The molecule has 0 saturated heterocycles. The van der Waals surface area contributed by atoms with E-state index >= 15 is 0 Å². The molecule has 1 aliphatic rings. The monoisotopic (exact) mass is 316 g/mol. The summed E-state index contributed by atoms with van der Waals surface area (Å²) in [7, 11) is 0. The Kier molecular flexibility index (Phi) is 3.85. The van der Waals surface area contributed by atoms with E-state index in [1.54, 1.807) is 30.3 Å². The third-order valence-electron chi connectivity index (χ3n) is 3.24. The molecule has 4 nitrogen and oxygen atoms in total. The Morgan fingerprint density at radius 1 is 1.27 bits per heavy atom. The highest BCUT2D eigenvalue weighted by molar-refractivity contribution is 8.00. The zero-order valence-electron chi connectivity index (χ0n) is 11.8. The molecule has 0 bridgehead atoms. The van der Waals surface area contributed by atoms with Crippen molar-refractivity contribution in [3.8, 4) is 0 Å². The van der Waals surface area contributed by atoms with Gasteiger partial charge in [0, 0.05) is 10.5 Å². The highest BCUT2D eigenvalue weighted by Crippen LogP contribution is 2.32. The van der Waals surface area contributed by atoms with E-state index in [9.17, 15) is 14.0 Å². The van der Waals surface area contributed by atoms with Crippen LogP contribution < -0.4 is 10.6 Å². The first kappa shape index (κ1) is 14.6. The Bertz CT molecular complexity index is 777. The van der Waals surface area contributed by atoms with Crippen molar-refractivity contribution < 1.29 is 14.0 Å². The van der Waals surface area contributed by atoms with E-state index in [1.807, 2.05) is 6.92 Å². The average Bonchev–Trinajstić information content (AvgIpc) is 2.50. The predicted molar refractivity (Wildman–Crippen MR) is 84.9 cm³/mol. The fourth-order valence-corrected chi connectivity index (χ4v) is 2.94. The van der Waals surface area contributed by atoms with E-state index in [2.05, 4.69) is 10.6 Å². The molecule has 2 N–H and O–H groups in total. The van der Waals surface area contributed by atoms with Crippen LogP contribution in [0.2, 0.25) is 0 Å². The molecule has 1 heterocycles. The lowest BCUT2D eigenvalue weighted by Crippen LogP contribution is -2.20. The largest absolute Gasteiger partial charge is 0.324 e. The topological polar surface area (TPSA) is 58.2 Å². The smallest absolute Gasteiger partial charge is 0.255 e. The molecule has 0 spiro atoms. The highest BCUT2D eigenvalue weighted by atomic mass is 32.2. The summed E-state index contributed by atoms with van der Waals surface area (Å²) in [4.78, 5) is 24.6. The number of hydrogen-bond acceptors (Lipinski definition) is 3. The Morgan fingerprint density at radius 2 is 2.09 bits per heavy atom. The van der Waals surface area contributed by atoms with Gasteiger partial charge in [0.1, 0.15) is 5.82 Å². The Morgan fingerprint density at radius 3 is 2.91 bits per heavy atom. The van der Waals surface area contributed by atoms with E-state index in [4.69, 9.17) is 0 Å². The van der Waals surface area contributed by atoms with Crippen LogP contribution in [0.5, 0.6) is 0 Å². The van der Waals surface area contributed by atoms with Gasteiger partial charge in [-0.25, -0.2) is 4.39 Å². The molecule has 3 rings (SSSR count). The summed E-state index contributed by atoms with van der Waals surface area (Å²) >= 11 is 1.42. The maximum Gasteiger partial charge on any atom is 0.255 e. The second-order valence-corrected chi connectivity index (χ2v) is 6.00. The quantitative estimate of drug-likeness (QED) is 0.892. The summed E-state index contributed by atoms with van der Waals surface area (Å²) in [5.41, 5.74) is 1.97. The molecule has 2 aromatic carbocycles. The van der Waals surface area contributed by atoms with Crippen molar-refractivity contribution in [2.24, 2.45) is 0 Å². The predicted octanol–water partition coefficient (Wildman–Crippen LogP) is 3.43. The number of halogens is 1. The molecule has 2 amide bonds. The van der Waals surface area contributed by atoms with Crippen molar-refractivity contribution in [2.45, 2.75) is 11.8 Å². The Hall–Kier alpha value is -2.34. The minimum atomic E-state index is -0.485. The van der Waals surface area contributed by atoms with Crippen LogP contribution in [0.15, 0.2) is 41.3 Å². The number of fused-ring (bicyclic) bond motifs is 1. The molecule has 0 atom stereocenters. The van der Waals surface area contributed by atoms with Crippen LogP contribution >= 0.6 is 11.8 Å². The maximum atomic E-state index is 13.7. The van der Waals surface area contributed by atoms with Crippen LogP contribution in [0, 0.1) is 12.7 Å². The van der Waals surface area contributed by atoms with Gasteiger partial charge in [-0.2, -0.15) is 0 Å². The third-order valence-corrected chi connectivity index (χ3v) is 4.32. The van der Waals surface area contributed by atoms with Crippen LogP contribution in [0.25, 0.3) is 0 Å². The average molecular weight is 316 g/mol. The second-order valence-electron chi connectivity index (χ2n) is 4.99. The Balaban J connectivity index is 1.85. The molecule has 6 heteroatoms. The van der Waals surface area contributed by atoms with Crippen molar-refractivity contribution in [3.05, 3.63) is 53.3 Å². The molecular formula is C16H13FN2O2S. The van der Waals surface area contributed by atoms with Gasteiger partial charge in [-0.15, -0.1) is 11.8 Å². The van der Waals surface area contributed by atoms with Crippen molar-refractivity contribution in [3.63, 3.8) is 0 Å². The third kappa shape index (κ3) is 2.96. The van der Waals surface area contributed by atoms with Gasteiger partial charge in [-0.1, -0.05) is 6.07 Å². The van der Waals surface area contributed by atoms with E-state index in [0.29, 0.717) is 17.0 Å². The zero-order valence-corrected chi connectivity index (χ0v) is 12.6. The number of thioether (sulfide) groups is 1. The van der Waals surface area contributed by atoms with Crippen LogP contribution in [-0.4, -0.2) is 17.6 Å². The first-order valence-electron chi connectivity index (χ1n) is 6.67. The molecule has 0 saturated carbocycles. The number of aryl methyl sites for hydroxylation is 1. The van der Waals surface area contributed by atoms with Crippen molar-refractivity contribution >= 4 is 35.0 Å². The minimum Gasteiger partial charge on any atom is -0.324 e. The fourth-order valence-electron chi connectivity index (χ4n) is 2.15. The van der Waals surface area contributed by atoms with Crippen molar-refractivity contribution in [2.75, 3.05) is 16.4 Å². The number of nitrogens with one attached hydrogen (secondary N) is 2. The first-order chi connectivity index (χ1) is 10.5. The summed E-state index contributed by atoms with van der Waals surface area (Å²) in [5.74, 6) is -0.634. The van der Waals surface area contributed by atoms with Crippen LogP contribution in [0.1, 0.15) is 15.9 Å². The van der Waals surface area contributed by atoms with Gasteiger partial charge in [0.15, 0.2) is 0 Å². The SMILES string of the molecule is Cc1ccc(F)c(NC(=O)c2ccc3c(c2)NC(=O)CS3)c1. The molecule has 0 aromatic heterocycles. The lowest BCUT2D eigenvalue weighted by Gasteiger charge is -2.17. The van der Waals surface area contributed by atoms with Gasteiger partial charge in [-0.05, 0) is 42.8 Å². The molecular weight excluding hydrogens is 303 g/mol. The summed E-state index contributed by atoms with van der Waals surface area (Å²) in [6.07, 6.45) is 0. The van der Waals surface area contributed by atoms with Gasteiger partial charge in [0.2, 0.25) is 5.91 Å². The van der Waals surface area contributed by atoms with Crippen molar-refractivity contribution in [1.82, 2.24) is 0 Å². The molecule has 0 unspecified atom stereocenters. The minimum absolute atomic E-state index is 0.0974. The zero-order chi connectivity index (χ0) is 15.7. The summed E-state index contributed by atoms with van der Waals surface area (Å²) in [6.45, 7) is 1.82. The maximum absolute atomic E-state index is 13.7. The molecule has 1 aliphatic heterocycles.